The topological polar surface area (TPSA) is 29.1 Å². The lowest BCUT2D eigenvalue weighted by molar-refractivity contribution is 0.0926. The third kappa shape index (κ3) is 3.24. The number of nitrogens with one attached hydrogen (secondary N) is 1. The fourth-order valence-corrected chi connectivity index (χ4v) is 3.03. The molecule has 0 spiro atoms. The SMILES string of the molecule is Cc1ccccc1C(=O)NC(c1cccs1)C(C)C. The van der Waals surface area contributed by atoms with Crippen LogP contribution in [0.4, 0.5) is 0 Å². The number of amides is 1. The van der Waals surface area contributed by atoms with Gasteiger partial charge >= 0.3 is 0 Å². The summed E-state index contributed by atoms with van der Waals surface area (Å²) in [5.74, 6) is 0.372. The number of benzene rings is 1. The molecule has 0 aliphatic carbocycles. The number of hydrogen-bond acceptors (Lipinski definition) is 2. The first-order valence-corrected chi connectivity index (χ1v) is 7.37. The fraction of sp³-hybridized carbons (Fsp3) is 0.312. The minimum atomic E-state index is 0.00481. The molecule has 0 fully saturated rings. The van der Waals surface area contributed by atoms with E-state index in [4.69, 9.17) is 0 Å². The van der Waals surface area contributed by atoms with Crippen molar-refractivity contribution in [2.45, 2.75) is 26.8 Å². The van der Waals surface area contributed by atoms with E-state index in [9.17, 15) is 4.79 Å². The molecule has 2 rings (SSSR count). The van der Waals surface area contributed by atoms with Gasteiger partial charge in [0.2, 0.25) is 0 Å². The molecule has 19 heavy (non-hydrogen) atoms. The van der Waals surface area contributed by atoms with Crippen LogP contribution in [0.15, 0.2) is 41.8 Å². The summed E-state index contributed by atoms with van der Waals surface area (Å²) in [7, 11) is 0. The molecule has 0 radical (unpaired) electrons. The van der Waals surface area contributed by atoms with Gasteiger partial charge < -0.3 is 5.32 Å². The molecule has 1 aromatic carbocycles. The van der Waals surface area contributed by atoms with Crippen LogP contribution in [-0.4, -0.2) is 5.91 Å². The van der Waals surface area contributed by atoms with Crippen molar-refractivity contribution in [3.63, 3.8) is 0 Å². The monoisotopic (exact) mass is 273 g/mol. The Balaban J connectivity index is 2.19. The molecule has 2 aromatic rings. The van der Waals surface area contributed by atoms with Gasteiger partial charge in [0.25, 0.3) is 5.91 Å². The van der Waals surface area contributed by atoms with E-state index in [2.05, 4.69) is 25.2 Å². The Labute approximate surface area is 118 Å². The third-order valence-electron chi connectivity index (χ3n) is 3.19. The van der Waals surface area contributed by atoms with Crippen molar-refractivity contribution in [1.82, 2.24) is 5.32 Å². The molecule has 0 saturated heterocycles. The highest BCUT2D eigenvalue weighted by Gasteiger charge is 2.20. The summed E-state index contributed by atoms with van der Waals surface area (Å²) >= 11 is 1.69. The van der Waals surface area contributed by atoms with Crippen molar-refractivity contribution in [2.75, 3.05) is 0 Å². The molecule has 2 nitrogen and oxygen atoms in total. The van der Waals surface area contributed by atoms with Crippen molar-refractivity contribution in [2.24, 2.45) is 5.92 Å². The van der Waals surface area contributed by atoms with Crippen molar-refractivity contribution < 1.29 is 4.79 Å². The van der Waals surface area contributed by atoms with Crippen LogP contribution in [0.1, 0.15) is 40.7 Å². The molecule has 0 saturated carbocycles. The number of hydrogen-bond donors (Lipinski definition) is 1. The highest BCUT2D eigenvalue weighted by atomic mass is 32.1. The molecule has 0 bridgehead atoms. The largest absolute Gasteiger partial charge is 0.344 e. The lowest BCUT2D eigenvalue weighted by Gasteiger charge is -2.21. The van der Waals surface area contributed by atoms with Gasteiger partial charge in [0.05, 0.1) is 6.04 Å². The predicted molar refractivity (Wildman–Crippen MR) is 80.5 cm³/mol. The summed E-state index contributed by atoms with van der Waals surface area (Å²) in [5, 5.41) is 5.19. The van der Waals surface area contributed by atoms with Gasteiger partial charge in [-0.3, -0.25) is 4.79 Å². The molecule has 3 heteroatoms. The zero-order valence-corrected chi connectivity index (χ0v) is 12.3. The summed E-state index contributed by atoms with van der Waals surface area (Å²) in [6.07, 6.45) is 0. The zero-order chi connectivity index (χ0) is 13.8. The molecule has 1 aromatic heterocycles. The Morgan fingerprint density at radius 1 is 1.16 bits per heavy atom. The molecule has 1 amide bonds. The number of carbonyl (C=O) groups excluding carboxylic acids is 1. The van der Waals surface area contributed by atoms with Gasteiger partial charge in [0.15, 0.2) is 0 Å². The second kappa shape index (κ2) is 6.02. The molecule has 100 valence electrons. The van der Waals surface area contributed by atoms with Crippen LogP contribution in [0.25, 0.3) is 0 Å². The summed E-state index contributed by atoms with van der Waals surface area (Å²) in [4.78, 5) is 13.6. The van der Waals surface area contributed by atoms with E-state index in [-0.39, 0.29) is 11.9 Å². The maximum Gasteiger partial charge on any atom is 0.252 e. The third-order valence-corrected chi connectivity index (χ3v) is 4.15. The highest BCUT2D eigenvalue weighted by Crippen LogP contribution is 2.26. The number of rotatable bonds is 4. The molecular weight excluding hydrogens is 254 g/mol. The van der Waals surface area contributed by atoms with Gasteiger partial charge in [-0.05, 0) is 35.9 Å². The lowest BCUT2D eigenvalue weighted by Crippen LogP contribution is -2.31. The van der Waals surface area contributed by atoms with E-state index in [1.165, 1.54) is 4.88 Å². The predicted octanol–water partition coefficient (Wildman–Crippen LogP) is 4.18. The maximum absolute atomic E-state index is 12.4. The molecule has 0 aliphatic heterocycles. The van der Waals surface area contributed by atoms with E-state index < -0.39 is 0 Å². The first kappa shape index (κ1) is 13.8. The Morgan fingerprint density at radius 2 is 1.89 bits per heavy atom. The normalized spacial score (nSPS) is 12.4. The average Bonchev–Trinajstić information content (AvgIpc) is 2.89. The van der Waals surface area contributed by atoms with Gasteiger partial charge in [-0.15, -0.1) is 11.3 Å². The number of aryl methyl sites for hydroxylation is 1. The minimum absolute atomic E-state index is 0.00481. The van der Waals surface area contributed by atoms with Crippen LogP contribution in [-0.2, 0) is 0 Å². The van der Waals surface area contributed by atoms with E-state index >= 15 is 0 Å². The number of carbonyl (C=O) groups is 1. The van der Waals surface area contributed by atoms with Gasteiger partial charge in [-0.1, -0.05) is 38.1 Å². The van der Waals surface area contributed by atoms with Crippen LogP contribution in [0.2, 0.25) is 0 Å². The summed E-state index contributed by atoms with van der Waals surface area (Å²) in [6, 6.07) is 11.9. The Hall–Kier alpha value is -1.61. The van der Waals surface area contributed by atoms with E-state index in [1.54, 1.807) is 11.3 Å². The average molecular weight is 273 g/mol. The van der Waals surface area contributed by atoms with Gasteiger partial charge in [-0.2, -0.15) is 0 Å². The first-order chi connectivity index (χ1) is 9.09. The Bertz CT molecular complexity index is 546. The Kier molecular flexibility index (Phi) is 4.38. The lowest BCUT2D eigenvalue weighted by atomic mass is 10.0. The quantitative estimate of drug-likeness (QED) is 0.889. The zero-order valence-electron chi connectivity index (χ0n) is 11.5. The summed E-state index contributed by atoms with van der Waals surface area (Å²) in [6.45, 7) is 6.22. The second-order valence-corrected chi connectivity index (χ2v) is 6.00. The van der Waals surface area contributed by atoms with Crippen LogP contribution in [0.5, 0.6) is 0 Å². The van der Waals surface area contributed by atoms with Crippen LogP contribution < -0.4 is 5.32 Å². The summed E-state index contributed by atoms with van der Waals surface area (Å²) < 4.78 is 0. The standard InChI is InChI=1S/C16H19NOS/c1-11(2)15(14-9-6-10-19-14)17-16(18)13-8-5-4-7-12(13)3/h4-11,15H,1-3H3,(H,17,18). The molecule has 1 atom stereocenters. The molecule has 0 aliphatic rings. The van der Waals surface area contributed by atoms with Crippen molar-refractivity contribution >= 4 is 17.2 Å². The molecule has 1 N–H and O–H groups in total. The van der Waals surface area contributed by atoms with Crippen LogP contribution >= 0.6 is 11.3 Å². The highest BCUT2D eigenvalue weighted by molar-refractivity contribution is 7.10. The van der Waals surface area contributed by atoms with Gasteiger partial charge in [0.1, 0.15) is 0 Å². The molecule has 1 unspecified atom stereocenters. The fourth-order valence-electron chi connectivity index (χ4n) is 2.08. The van der Waals surface area contributed by atoms with Gasteiger partial charge in [0, 0.05) is 10.4 Å². The first-order valence-electron chi connectivity index (χ1n) is 6.49. The summed E-state index contributed by atoms with van der Waals surface area (Å²) in [5.41, 5.74) is 1.76. The van der Waals surface area contributed by atoms with Crippen LogP contribution in [0.3, 0.4) is 0 Å². The van der Waals surface area contributed by atoms with E-state index in [0.29, 0.717) is 5.92 Å². The van der Waals surface area contributed by atoms with E-state index in [0.717, 1.165) is 11.1 Å². The van der Waals surface area contributed by atoms with Crippen molar-refractivity contribution in [3.8, 4) is 0 Å². The Morgan fingerprint density at radius 3 is 2.47 bits per heavy atom. The van der Waals surface area contributed by atoms with Crippen molar-refractivity contribution in [3.05, 3.63) is 57.8 Å². The minimum Gasteiger partial charge on any atom is -0.344 e. The maximum atomic E-state index is 12.4. The smallest absolute Gasteiger partial charge is 0.252 e. The second-order valence-electron chi connectivity index (χ2n) is 5.03. The molecular formula is C16H19NOS. The van der Waals surface area contributed by atoms with Gasteiger partial charge in [-0.25, -0.2) is 0 Å². The number of thiophene rings is 1. The van der Waals surface area contributed by atoms with Crippen molar-refractivity contribution in [1.29, 1.82) is 0 Å². The molecule has 1 heterocycles. The van der Waals surface area contributed by atoms with E-state index in [1.807, 2.05) is 42.6 Å². The van der Waals surface area contributed by atoms with Crippen LogP contribution in [0, 0.1) is 12.8 Å².